The fourth-order valence-electron chi connectivity index (χ4n) is 2.22. The molecule has 8 heteroatoms. The predicted molar refractivity (Wildman–Crippen MR) is 66.3 cm³/mol. The zero-order chi connectivity index (χ0) is 15.6. The lowest BCUT2D eigenvalue weighted by Crippen LogP contribution is -2.43. The first-order valence-electron chi connectivity index (χ1n) is 6.24. The monoisotopic (exact) mass is 306 g/mol. The van der Waals surface area contributed by atoms with Crippen LogP contribution in [0.25, 0.3) is 0 Å². The van der Waals surface area contributed by atoms with Crippen LogP contribution in [0, 0.1) is 5.82 Å². The van der Waals surface area contributed by atoms with Crippen molar-refractivity contribution in [3.63, 3.8) is 0 Å². The van der Waals surface area contributed by atoms with Gasteiger partial charge in [-0.3, -0.25) is 4.79 Å². The number of rotatable bonds is 3. The number of hydrogen-bond acceptors (Lipinski definition) is 3. The van der Waals surface area contributed by atoms with E-state index in [1.807, 2.05) is 0 Å². The summed E-state index contributed by atoms with van der Waals surface area (Å²) in [5.41, 5.74) is -2.09. The summed E-state index contributed by atoms with van der Waals surface area (Å²) < 4.78 is 56.8. The van der Waals surface area contributed by atoms with Crippen LogP contribution in [0.1, 0.15) is 15.9 Å². The third-order valence-corrected chi connectivity index (χ3v) is 3.33. The van der Waals surface area contributed by atoms with Crippen molar-refractivity contribution >= 4 is 5.91 Å². The maximum Gasteiger partial charge on any atom is 0.419 e. The number of nitrogens with one attached hydrogen (secondary N) is 2. The Kier molecular flexibility index (Phi) is 4.48. The molecule has 2 atom stereocenters. The number of alkyl halides is 3. The Hall–Kier alpha value is -1.67. The number of halogens is 4. The second kappa shape index (κ2) is 5.98. The molecular weight excluding hydrogens is 292 g/mol. The van der Waals surface area contributed by atoms with Gasteiger partial charge >= 0.3 is 6.18 Å². The van der Waals surface area contributed by atoms with Crippen molar-refractivity contribution in [3.05, 3.63) is 35.1 Å². The van der Waals surface area contributed by atoms with Gasteiger partial charge in [-0.05, 0) is 12.1 Å². The number of carbonyl (C=O) groups is 1. The molecule has 2 rings (SSSR count). The topological polar surface area (TPSA) is 50.4 Å². The lowest BCUT2D eigenvalue weighted by Gasteiger charge is -2.19. The molecule has 1 fully saturated rings. The standard InChI is InChI=1S/C13H14F4N2O2/c1-21-10-6-18-5-9(10)19-12(20)7-3-2-4-8(11(7)14)13(15,16)17/h2-4,9-10,18H,5-6H2,1H3,(H,19,20)/t9-,10+/m1/s1. The molecule has 1 aliphatic rings. The largest absolute Gasteiger partial charge is 0.419 e. The Labute approximate surface area is 118 Å². The van der Waals surface area contributed by atoms with Crippen molar-refractivity contribution < 1.29 is 27.1 Å². The van der Waals surface area contributed by atoms with Gasteiger partial charge in [0.15, 0.2) is 0 Å². The zero-order valence-electron chi connectivity index (χ0n) is 11.1. The molecule has 0 saturated carbocycles. The highest BCUT2D eigenvalue weighted by atomic mass is 19.4. The van der Waals surface area contributed by atoms with Gasteiger partial charge in [-0.25, -0.2) is 4.39 Å². The molecule has 0 bridgehead atoms. The maximum absolute atomic E-state index is 13.8. The van der Waals surface area contributed by atoms with Crippen LogP contribution in [0.15, 0.2) is 18.2 Å². The Morgan fingerprint density at radius 3 is 2.71 bits per heavy atom. The molecule has 116 valence electrons. The van der Waals surface area contributed by atoms with E-state index >= 15 is 0 Å². The number of benzene rings is 1. The average Bonchev–Trinajstić information content (AvgIpc) is 2.84. The maximum atomic E-state index is 13.8. The van der Waals surface area contributed by atoms with Crippen molar-refractivity contribution in [1.82, 2.24) is 10.6 Å². The highest BCUT2D eigenvalue weighted by Crippen LogP contribution is 2.32. The zero-order valence-corrected chi connectivity index (χ0v) is 11.1. The van der Waals surface area contributed by atoms with Crippen molar-refractivity contribution in [3.8, 4) is 0 Å². The number of ether oxygens (including phenoxy) is 1. The molecule has 1 amide bonds. The quantitative estimate of drug-likeness (QED) is 0.833. The molecule has 1 aromatic carbocycles. The van der Waals surface area contributed by atoms with Crippen LogP contribution in [0.4, 0.5) is 17.6 Å². The van der Waals surface area contributed by atoms with E-state index in [0.29, 0.717) is 19.2 Å². The summed E-state index contributed by atoms with van der Waals surface area (Å²) >= 11 is 0. The predicted octanol–water partition coefficient (Wildman–Crippen LogP) is 1.56. The van der Waals surface area contributed by atoms with E-state index in [2.05, 4.69) is 10.6 Å². The summed E-state index contributed by atoms with van der Waals surface area (Å²) in [5.74, 6) is -2.46. The fraction of sp³-hybridized carbons (Fsp3) is 0.462. The van der Waals surface area contributed by atoms with E-state index < -0.39 is 35.1 Å². The van der Waals surface area contributed by atoms with E-state index in [4.69, 9.17) is 4.74 Å². The lowest BCUT2D eigenvalue weighted by molar-refractivity contribution is -0.140. The van der Waals surface area contributed by atoms with Crippen LogP contribution < -0.4 is 10.6 Å². The fourth-order valence-corrected chi connectivity index (χ4v) is 2.22. The lowest BCUT2D eigenvalue weighted by atomic mass is 10.1. The molecule has 0 aliphatic carbocycles. The Morgan fingerprint density at radius 1 is 1.38 bits per heavy atom. The van der Waals surface area contributed by atoms with Gasteiger partial charge in [0.1, 0.15) is 5.82 Å². The molecule has 1 aliphatic heterocycles. The van der Waals surface area contributed by atoms with Gasteiger partial charge < -0.3 is 15.4 Å². The SMILES string of the molecule is CO[C@H]1CNC[C@H]1NC(=O)c1cccc(C(F)(F)F)c1F. The van der Waals surface area contributed by atoms with Crippen LogP contribution >= 0.6 is 0 Å². The molecular formula is C13H14F4N2O2. The van der Waals surface area contributed by atoms with E-state index in [9.17, 15) is 22.4 Å². The smallest absolute Gasteiger partial charge is 0.378 e. The number of hydrogen-bond donors (Lipinski definition) is 2. The molecule has 1 aromatic rings. The Balaban J connectivity index is 2.20. The molecule has 0 aromatic heterocycles. The van der Waals surface area contributed by atoms with Crippen LogP contribution in [0.3, 0.4) is 0 Å². The van der Waals surface area contributed by atoms with E-state index in [-0.39, 0.29) is 6.10 Å². The molecule has 2 N–H and O–H groups in total. The highest BCUT2D eigenvalue weighted by molar-refractivity contribution is 5.95. The van der Waals surface area contributed by atoms with E-state index in [1.165, 1.54) is 7.11 Å². The molecule has 4 nitrogen and oxygen atoms in total. The molecule has 21 heavy (non-hydrogen) atoms. The van der Waals surface area contributed by atoms with Crippen molar-refractivity contribution in [2.24, 2.45) is 0 Å². The van der Waals surface area contributed by atoms with Gasteiger partial charge in [-0.2, -0.15) is 13.2 Å². The van der Waals surface area contributed by atoms with Crippen LogP contribution in [0.5, 0.6) is 0 Å². The summed E-state index contributed by atoms with van der Waals surface area (Å²) in [7, 11) is 1.46. The van der Waals surface area contributed by atoms with Crippen molar-refractivity contribution in [1.29, 1.82) is 0 Å². The van der Waals surface area contributed by atoms with E-state index in [0.717, 1.165) is 12.1 Å². The van der Waals surface area contributed by atoms with Gasteiger partial charge in [0.05, 0.1) is 23.3 Å². The Morgan fingerprint density at radius 2 is 2.10 bits per heavy atom. The first-order chi connectivity index (χ1) is 9.84. The first kappa shape index (κ1) is 15.7. The summed E-state index contributed by atoms with van der Waals surface area (Å²) in [6.45, 7) is 0.914. The minimum absolute atomic E-state index is 0.303. The van der Waals surface area contributed by atoms with Crippen LogP contribution in [-0.4, -0.2) is 38.3 Å². The molecule has 1 saturated heterocycles. The van der Waals surface area contributed by atoms with E-state index in [1.54, 1.807) is 0 Å². The number of amides is 1. The van der Waals surface area contributed by atoms with Gasteiger partial charge in [-0.1, -0.05) is 6.07 Å². The summed E-state index contributed by atoms with van der Waals surface area (Å²) in [4.78, 5) is 12.0. The first-order valence-corrected chi connectivity index (χ1v) is 6.24. The summed E-state index contributed by atoms with van der Waals surface area (Å²) in [6, 6.07) is 2.20. The molecule has 0 unspecified atom stereocenters. The van der Waals surface area contributed by atoms with Gasteiger partial charge in [0.25, 0.3) is 5.91 Å². The van der Waals surface area contributed by atoms with Crippen LogP contribution in [0.2, 0.25) is 0 Å². The second-order valence-corrected chi connectivity index (χ2v) is 4.68. The van der Waals surface area contributed by atoms with Crippen molar-refractivity contribution in [2.75, 3.05) is 20.2 Å². The highest BCUT2D eigenvalue weighted by Gasteiger charge is 2.36. The van der Waals surface area contributed by atoms with Crippen LogP contribution in [-0.2, 0) is 10.9 Å². The summed E-state index contributed by atoms with van der Waals surface area (Å²) in [5, 5.41) is 5.45. The van der Waals surface area contributed by atoms with Gasteiger partial charge in [-0.15, -0.1) is 0 Å². The third-order valence-electron chi connectivity index (χ3n) is 3.33. The normalized spacial score (nSPS) is 22.3. The minimum atomic E-state index is -4.84. The average molecular weight is 306 g/mol. The Bertz CT molecular complexity index is 533. The van der Waals surface area contributed by atoms with Gasteiger partial charge in [0, 0.05) is 20.2 Å². The minimum Gasteiger partial charge on any atom is -0.378 e. The van der Waals surface area contributed by atoms with Crippen molar-refractivity contribution in [2.45, 2.75) is 18.3 Å². The molecule has 0 spiro atoms. The second-order valence-electron chi connectivity index (χ2n) is 4.68. The van der Waals surface area contributed by atoms with Gasteiger partial charge in [0.2, 0.25) is 0 Å². The third kappa shape index (κ3) is 3.33. The number of carbonyl (C=O) groups excluding carboxylic acids is 1. The molecule has 1 heterocycles. The molecule has 0 radical (unpaired) electrons. The summed E-state index contributed by atoms with van der Waals surface area (Å²) in [6.07, 6.45) is -5.15. The number of methoxy groups -OCH3 is 1.